The number of nitrogens with zero attached hydrogens (tertiary/aromatic N) is 2. The molecule has 1 aromatic rings. The molecule has 0 saturated carbocycles. The SMILES string of the molecule is CN1CCNCC1(C)c1ccncc1. The summed E-state index contributed by atoms with van der Waals surface area (Å²) in [5, 5.41) is 3.44. The average Bonchev–Trinajstić information content (AvgIpc) is 2.24. The van der Waals surface area contributed by atoms with E-state index >= 15 is 0 Å². The van der Waals surface area contributed by atoms with Crippen LogP contribution in [-0.2, 0) is 5.54 Å². The van der Waals surface area contributed by atoms with Crippen molar-refractivity contribution in [3.05, 3.63) is 30.1 Å². The van der Waals surface area contributed by atoms with Gasteiger partial charge < -0.3 is 5.32 Å². The van der Waals surface area contributed by atoms with E-state index in [0.29, 0.717) is 0 Å². The fourth-order valence-corrected chi connectivity index (χ4v) is 1.99. The zero-order valence-electron chi connectivity index (χ0n) is 8.83. The zero-order valence-corrected chi connectivity index (χ0v) is 8.83. The predicted molar refractivity (Wildman–Crippen MR) is 57.1 cm³/mol. The van der Waals surface area contributed by atoms with Crippen LogP contribution in [0.25, 0.3) is 0 Å². The Morgan fingerprint density at radius 3 is 2.79 bits per heavy atom. The van der Waals surface area contributed by atoms with Gasteiger partial charge in [0.25, 0.3) is 0 Å². The first-order chi connectivity index (χ1) is 6.73. The minimum atomic E-state index is 0.112. The second-order valence-electron chi connectivity index (χ2n) is 4.11. The van der Waals surface area contributed by atoms with Crippen molar-refractivity contribution in [2.24, 2.45) is 0 Å². The van der Waals surface area contributed by atoms with Gasteiger partial charge in [-0.15, -0.1) is 0 Å². The van der Waals surface area contributed by atoms with Gasteiger partial charge in [0.05, 0.1) is 5.54 Å². The number of pyridine rings is 1. The predicted octanol–water partition coefficient (Wildman–Crippen LogP) is 0.832. The van der Waals surface area contributed by atoms with E-state index in [1.807, 2.05) is 12.4 Å². The Balaban J connectivity index is 2.30. The molecule has 0 radical (unpaired) electrons. The summed E-state index contributed by atoms with van der Waals surface area (Å²) in [4.78, 5) is 6.46. The maximum atomic E-state index is 4.06. The normalized spacial score (nSPS) is 29.0. The highest BCUT2D eigenvalue weighted by Crippen LogP contribution is 2.27. The van der Waals surface area contributed by atoms with E-state index < -0.39 is 0 Å². The lowest BCUT2D eigenvalue weighted by molar-refractivity contribution is 0.104. The number of aromatic nitrogens is 1. The van der Waals surface area contributed by atoms with E-state index in [-0.39, 0.29) is 5.54 Å². The monoisotopic (exact) mass is 191 g/mol. The maximum Gasteiger partial charge on any atom is 0.0556 e. The van der Waals surface area contributed by atoms with Crippen molar-refractivity contribution in [2.45, 2.75) is 12.5 Å². The Bertz CT molecular complexity index is 299. The van der Waals surface area contributed by atoms with Crippen molar-refractivity contribution in [2.75, 3.05) is 26.7 Å². The molecule has 1 aromatic heterocycles. The molecule has 1 unspecified atom stereocenters. The summed E-state index contributed by atoms with van der Waals surface area (Å²) >= 11 is 0. The average molecular weight is 191 g/mol. The van der Waals surface area contributed by atoms with Gasteiger partial charge in [-0.3, -0.25) is 9.88 Å². The lowest BCUT2D eigenvalue weighted by Crippen LogP contribution is -2.55. The molecule has 1 atom stereocenters. The van der Waals surface area contributed by atoms with Crippen LogP contribution in [0.4, 0.5) is 0 Å². The van der Waals surface area contributed by atoms with Gasteiger partial charge in [-0.25, -0.2) is 0 Å². The third-order valence-electron chi connectivity index (χ3n) is 3.24. The van der Waals surface area contributed by atoms with Crippen molar-refractivity contribution >= 4 is 0 Å². The molecule has 1 aliphatic rings. The fraction of sp³-hybridized carbons (Fsp3) is 0.545. The Morgan fingerprint density at radius 2 is 2.14 bits per heavy atom. The topological polar surface area (TPSA) is 28.2 Å². The molecule has 0 amide bonds. The second-order valence-corrected chi connectivity index (χ2v) is 4.11. The van der Waals surface area contributed by atoms with Crippen LogP contribution in [0.5, 0.6) is 0 Å². The molecule has 2 rings (SSSR count). The Morgan fingerprint density at radius 1 is 1.43 bits per heavy atom. The third kappa shape index (κ3) is 1.53. The first-order valence-corrected chi connectivity index (χ1v) is 5.06. The van der Waals surface area contributed by atoms with Gasteiger partial charge in [-0.1, -0.05) is 0 Å². The highest BCUT2D eigenvalue weighted by atomic mass is 15.2. The molecule has 1 fully saturated rings. The van der Waals surface area contributed by atoms with E-state index in [1.54, 1.807) is 0 Å². The van der Waals surface area contributed by atoms with Gasteiger partial charge in [0.15, 0.2) is 0 Å². The van der Waals surface area contributed by atoms with Gasteiger partial charge >= 0.3 is 0 Å². The molecule has 0 bridgehead atoms. The van der Waals surface area contributed by atoms with Crippen molar-refractivity contribution in [1.82, 2.24) is 15.2 Å². The minimum absolute atomic E-state index is 0.112. The summed E-state index contributed by atoms with van der Waals surface area (Å²) in [7, 11) is 2.18. The largest absolute Gasteiger partial charge is 0.313 e. The van der Waals surface area contributed by atoms with Crippen LogP contribution in [0.15, 0.2) is 24.5 Å². The number of rotatable bonds is 1. The first-order valence-electron chi connectivity index (χ1n) is 5.06. The smallest absolute Gasteiger partial charge is 0.0556 e. The quantitative estimate of drug-likeness (QED) is 0.712. The van der Waals surface area contributed by atoms with Gasteiger partial charge in [-0.05, 0) is 31.7 Å². The molecule has 1 aliphatic heterocycles. The van der Waals surface area contributed by atoms with Crippen LogP contribution < -0.4 is 5.32 Å². The summed E-state index contributed by atoms with van der Waals surface area (Å²) in [5.41, 5.74) is 1.45. The molecule has 0 spiro atoms. The molecule has 0 aliphatic carbocycles. The molecule has 1 saturated heterocycles. The number of likely N-dealkylation sites (N-methyl/N-ethyl adjacent to an activating group) is 1. The van der Waals surface area contributed by atoms with Crippen LogP contribution >= 0.6 is 0 Å². The zero-order chi connectivity index (χ0) is 10.0. The van der Waals surface area contributed by atoms with Crippen molar-refractivity contribution < 1.29 is 0 Å². The first kappa shape index (κ1) is 9.62. The van der Waals surface area contributed by atoms with Gasteiger partial charge in [0.1, 0.15) is 0 Å². The number of hydrogen-bond donors (Lipinski definition) is 1. The van der Waals surface area contributed by atoms with Crippen molar-refractivity contribution in [3.63, 3.8) is 0 Å². The maximum absolute atomic E-state index is 4.06. The summed E-state index contributed by atoms with van der Waals surface area (Å²) in [6.07, 6.45) is 3.73. The van der Waals surface area contributed by atoms with E-state index in [4.69, 9.17) is 0 Å². The van der Waals surface area contributed by atoms with E-state index in [0.717, 1.165) is 19.6 Å². The van der Waals surface area contributed by atoms with Crippen molar-refractivity contribution in [1.29, 1.82) is 0 Å². The number of nitrogens with one attached hydrogen (secondary N) is 1. The Kier molecular flexibility index (Phi) is 2.52. The van der Waals surface area contributed by atoms with Crippen LogP contribution in [0.3, 0.4) is 0 Å². The molecule has 3 nitrogen and oxygen atoms in total. The third-order valence-corrected chi connectivity index (χ3v) is 3.24. The lowest BCUT2D eigenvalue weighted by Gasteiger charge is -2.43. The Hall–Kier alpha value is -0.930. The lowest BCUT2D eigenvalue weighted by atomic mass is 9.89. The Labute approximate surface area is 85.1 Å². The fourth-order valence-electron chi connectivity index (χ4n) is 1.99. The van der Waals surface area contributed by atoms with Crippen LogP contribution in [0.1, 0.15) is 12.5 Å². The number of hydrogen-bond acceptors (Lipinski definition) is 3. The number of piperazine rings is 1. The van der Waals surface area contributed by atoms with E-state index in [9.17, 15) is 0 Å². The minimum Gasteiger partial charge on any atom is -0.313 e. The molecule has 1 N–H and O–H groups in total. The molecule has 2 heterocycles. The van der Waals surface area contributed by atoms with Gasteiger partial charge in [0, 0.05) is 32.0 Å². The van der Waals surface area contributed by atoms with Crippen LogP contribution in [-0.4, -0.2) is 36.6 Å². The highest BCUT2D eigenvalue weighted by Gasteiger charge is 2.33. The van der Waals surface area contributed by atoms with E-state index in [1.165, 1.54) is 5.56 Å². The molecule has 0 aromatic carbocycles. The van der Waals surface area contributed by atoms with Gasteiger partial charge in [0.2, 0.25) is 0 Å². The van der Waals surface area contributed by atoms with Crippen LogP contribution in [0.2, 0.25) is 0 Å². The standard InChI is InChI=1S/C11H17N3/c1-11(9-13-7-8-14(11)2)10-3-5-12-6-4-10/h3-6,13H,7-9H2,1-2H3. The van der Waals surface area contributed by atoms with Gasteiger partial charge in [-0.2, -0.15) is 0 Å². The van der Waals surface area contributed by atoms with Crippen LogP contribution in [0, 0.1) is 0 Å². The summed E-state index contributed by atoms with van der Waals surface area (Å²) in [6, 6.07) is 4.20. The van der Waals surface area contributed by atoms with Crippen molar-refractivity contribution in [3.8, 4) is 0 Å². The molecule has 76 valence electrons. The molecular weight excluding hydrogens is 174 g/mol. The second kappa shape index (κ2) is 3.67. The van der Waals surface area contributed by atoms with E-state index in [2.05, 4.69) is 41.3 Å². The summed E-state index contributed by atoms with van der Waals surface area (Å²) < 4.78 is 0. The molecular formula is C11H17N3. The highest BCUT2D eigenvalue weighted by molar-refractivity contribution is 5.22. The molecule has 3 heteroatoms. The molecule has 14 heavy (non-hydrogen) atoms. The summed E-state index contributed by atoms with van der Waals surface area (Å²) in [5.74, 6) is 0. The summed E-state index contributed by atoms with van der Waals surface area (Å²) in [6.45, 7) is 5.46.